The lowest BCUT2D eigenvalue weighted by Gasteiger charge is -2.29. The maximum Gasteiger partial charge on any atom is 0.268 e. The monoisotopic (exact) mass is 398 g/mol. The standard InChI is InChI=1S/C20H19ClN4O3/c21-15-10-14(6-7-17(15)25-9-8-22-19(26)12-25)23-20(27)18-11-16(24-28-18)13-4-2-1-3-5-13/h1-7,10,18H,8-9,11-12H2,(H,22,26)(H,23,27). The molecule has 0 aromatic heterocycles. The highest BCUT2D eigenvalue weighted by molar-refractivity contribution is 6.33. The van der Waals surface area contributed by atoms with Crippen LogP contribution in [0.4, 0.5) is 11.4 Å². The van der Waals surface area contributed by atoms with Crippen molar-refractivity contribution in [1.82, 2.24) is 5.32 Å². The quantitative estimate of drug-likeness (QED) is 0.828. The second-order valence-electron chi connectivity index (χ2n) is 6.63. The van der Waals surface area contributed by atoms with Gasteiger partial charge in [0.25, 0.3) is 5.91 Å². The Labute approximate surface area is 167 Å². The molecule has 7 nitrogen and oxygen atoms in total. The highest BCUT2D eigenvalue weighted by Crippen LogP contribution is 2.29. The maximum absolute atomic E-state index is 12.5. The van der Waals surface area contributed by atoms with Gasteiger partial charge in [-0.3, -0.25) is 9.59 Å². The topological polar surface area (TPSA) is 83.0 Å². The largest absolute Gasteiger partial charge is 0.382 e. The first kappa shape index (κ1) is 18.3. The van der Waals surface area contributed by atoms with Crippen LogP contribution in [-0.4, -0.2) is 43.3 Å². The normalized spacial score (nSPS) is 18.9. The molecule has 144 valence electrons. The Balaban J connectivity index is 1.39. The van der Waals surface area contributed by atoms with E-state index in [0.717, 1.165) is 17.0 Å². The molecule has 1 fully saturated rings. The third-order valence-corrected chi connectivity index (χ3v) is 4.97. The average Bonchev–Trinajstić information content (AvgIpc) is 3.19. The van der Waals surface area contributed by atoms with Crippen molar-refractivity contribution in [3.63, 3.8) is 0 Å². The fourth-order valence-corrected chi connectivity index (χ4v) is 3.53. The van der Waals surface area contributed by atoms with E-state index in [1.54, 1.807) is 18.2 Å². The Kier molecular flexibility index (Phi) is 5.16. The van der Waals surface area contributed by atoms with E-state index in [1.165, 1.54) is 0 Å². The fourth-order valence-electron chi connectivity index (χ4n) is 3.23. The van der Waals surface area contributed by atoms with Gasteiger partial charge in [-0.2, -0.15) is 0 Å². The Hall–Kier alpha value is -3.06. The van der Waals surface area contributed by atoms with Crippen molar-refractivity contribution in [1.29, 1.82) is 0 Å². The zero-order valence-corrected chi connectivity index (χ0v) is 15.8. The minimum Gasteiger partial charge on any atom is -0.382 e. The van der Waals surface area contributed by atoms with Gasteiger partial charge < -0.3 is 20.4 Å². The number of hydrogen-bond donors (Lipinski definition) is 2. The van der Waals surface area contributed by atoms with E-state index in [2.05, 4.69) is 15.8 Å². The third kappa shape index (κ3) is 3.94. The van der Waals surface area contributed by atoms with Crippen LogP contribution in [0.5, 0.6) is 0 Å². The molecule has 2 N–H and O–H groups in total. The van der Waals surface area contributed by atoms with Crippen molar-refractivity contribution >= 4 is 40.5 Å². The summed E-state index contributed by atoms with van der Waals surface area (Å²) in [4.78, 5) is 31.3. The van der Waals surface area contributed by atoms with Crippen molar-refractivity contribution in [2.24, 2.45) is 5.16 Å². The van der Waals surface area contributed by atoms with Crippen LogP contribution in [0.3, 0.4) is 0 Å². The van der Waals surface area contributed by atoms with Crippen molar-refractivity contribution < 1.29 is 14.4 Å². The third-order valence-electron chi connectivity index (χ3n) is 4.66. The molecule has 1 atom stereocenters. The van der Waals surface area contributed by atoms with Gasteiger partial charge in [0.2, 0.25) is 12.0 Å². The molecule has 0 radical (unpaired) electrons. The van der Waals surface area contributed by atoms with Crippen molar-refractivity contribution in [2.75, 3.05) is 29.9 Å². The Morgan fingerprint density at radius 3 is 2.82 bits per heavy atom. The lowest BCUT2D eigenvalue weighted by molar-refractivity contribution is -0.125. The van der Waals surface area contributed by atoms with Gasteiger partial charge in [0.15, 0.2) is 0 Å². The molecular formula is C20H19ClN4O3. The number of rotatable bonds is 4. The minimum atomic E-state index is -0.681. The number of benzene rings is 2. The Morgan fingerprint density at radius 1 is 1.25 bits per heavy atom. The molecule has 0 bridgehead atoms. The van der Waals surface area contributed by atoms with E-state index in [-0.39, 0.29) is 18.4 Å². The lowest BCUT2D eigenvalue weighted by Crippen LogP contribution is -2.47. The van der Waals surface area contributed by atoms with Crippen molar-refractivity contribution in [3.05, 3.63) is 59.1 Å². The van der Waals surface area contributed by atoms with Crippen LogP contribution in [0, 0.1) is 0 Å². The lowest BCUT2D eigenvalue weighted by atomic mass is 10.0. The van der Waals surface area contributed by atoms with E-state index in [9.17, 15) is 9.59 Å². The number of oxime groups is 1. The van der Waals surface area contributed by atoms with E-state index in [0.29, 0.717) is 30.2 Å². The summed E-state index contributed by atoms with van der Waals surface area (Å²) in [7, 11) is 0. The van der Waals surface area contributed by atoms with E-state index in [1.807, 2.05) is 35.2 Å². The molecule has 1 saturated heterocycles. The first-order valence-electron chi connectivity index (χ1n) is 9.00. The number of anilines is 2. The number of carbonyl (C=O) groups is 2. The Bertz CT molecular complexity index is 932. The molecule has 2 aliphatic heterocycles. The summed E-state index contributed by atoms with van der Waals surface area (Å²) in [6.45, 7) is 1.53. The first-order valence-corrected chi connectivity index (χ1v) is 9.38. The van der Waals surface area contributed by atoms with Crippen LogP contribution in [0.25, 0.3) is 0 Å². The predicted molar refractivity (Wildman–Crippen MR) is 108 cm³/mol. The van der Waals surface area contributed by atoms with Gasteiger partial charge in [-0.25, -0.2) is 0 Å². The van der Waals surface area contributed by atoms with Crippen LogP contribution in [0.1, 0.15) is 12.0 Å². The number of amides is 2. The summed E-state index contributed by atoms with van der Waals surface area (Å²) in [5.74, 6) is -0.317. The number of nitrogens with one attached hydrogen (secondary N) is 2. The maximum atomic E-state index is 12.5. The van der Waals surface area contributed by atoms with Gasteiger partial charge in [-0.05, 0) is 23.8 Å². The molecular weight excluding hydrogens is 380 g/mol. The SMILES string of the molecule is O=C1CN(c2ccc(NC(=O)C3CC(c4ccccc4)=NO3)cc2Cl)CCN1. The van der Waals surface area contributed by atoms with Crippen LogP contribution >= 0.6 is 11.6 Å². The second-order valence-corrected chi connectivity index (χ2v) is 7.04. The molecule has 28 heavy (non-hydrogen) atoms. The number of piperazine rings is 1. The summed E-state index contributed by atoms with van der Waals surface area (Å²) in [5.41, 5.74) is 3.02. The molecule has 8 heteroatoms. The fraction of sp³-hybridized carbons (Fsp3) is 0.250. The minimum absolute atomic E-state index is 0.0349. The zero-order valence-electron chi connectivity index (χ0n) is 15.0. The molecule has 0 aliphatic carbocycles. The summed E-state index contributed by atoms with van der Waals surface area (Å²) < 4.78 is 0. The molecule has 2 heterocycles. The highest BCUT2D eigenvalue weighted by atomic mass is 35.5. The van der Waals surface area contributed by atoms with Crippen LogP contribution < -0.4 is 15.5 Å². The molecule has 2 aromatic carbocycles. The smallest absolute Gasteiger partial charge is 0.268 e. The van der Waals surface area contributed by atoms with E-state index < -0.39 is 6.10 Å². The Morgan fingerprint density at radius 2 is 2.07 bits per heavy atom. The highest BCUT2D eigenvalue weighted by Gasteiger charge is 2.29. The molecule has 2 aromatic rings. The van der Waals surface area contributed by atoms with E-state index >= 15 is 0 Å². The number of halogens is 1. The summed E-state index contributed by atoms with van der Waals surface area (Å²) in [6.07, 6.45) is -0.274. The number of hydrogen-bond acceptors (Lipinski definition) is 5. The van der Waals surface area contributed by atoms with Gasteiger partial charge in [0.1, 0.15) is 0 Å². The average molecular weight is 399 g/mol. The van der Waals surface area contributed by atoms with Crippen molar-refractivity contribution in [2.45, 2.75) is 12.5 Å². The molecule has 1 unspecified atom stereocenters. The van der Waals surface area contributed by atoms with E-state index in [4.69, 9.17) is 16.4 Å². The molecule has 2 aliphatic rings. The van der Waals surface area contributed by atoms with Gasteiger partial charge in [-0.15, -0.1) is 0 Å². The number of carbonyl (C=O) groups excluding carboxylic acids is 2. The molecule has 0 saturated carbocycles. The van der Waals surface area contributed by atoms with Crippen LogP contribution in [0.15, 0.2) is 53.7 Å². The van der Waals surface area contributed by atoms with Crippen molar-refractivity contribution in [3.8, 4) is 0 Å². The molecule has 2 amide bonds. The van der Waals surface area contributed by atoms with Crippen LogP contribution in [-0.2, 0) is 14.4 Å². The van der Waals surface area contributed by atoms with Gasteiger partial charge in [0.05, 0.1) is 23.0 Å². The predicted octanol–water partition coefficient (Wildman–Crippen LogP) is 2.41. The first-order chi connectivity index (χ1) is 13.6. The van der Waals surface area contributed by atoms with Gasteiger partial charge in [0, 0.05) is 25.2 Å². The zero-order chi connectivity index (χ0) is 19.5. The molecule has 4 rings (SSSR count). The van der Waals surface area contributed by atoms with Gasteiger partial charge in [-0.1, -0.05) is 47.1 Å². The number of nitrogens with zero attached hydrogens (tertiary/aromatic N) is 2. The molecule has 0 spiro atoms. The second kappa shape index (κ2) is 7.90. The summed E-state index contributed by atoms with van der Waals surface area (Å²) in [6, 6.07) is 14.9. The van der Waals surface area contributed by atoms with Crippen LogP contribution in [0.2, 0.25) is 5.02 Å². The summed E-state index contributed by atoms with van der Waals surface area (Å²) in [5, 5.41) is 10.1. The van der Waals surface area contributed by atoms with Gasteiger partial charge >= 0.3 is 0 Å². The summed E-state index contributed by atoms with van der Waals surface area (Å²) >= 11 is 6.38.